The number of ether oxygens (including phenoxy) is 2. The molecule has 5 rings (SSSR count). The number of hydrogen-bond acceptors (Lipinski definition) is 7. The van der Waals surface area contributed by atoms with Crippen molar-refractivity contribution in [1.29, 1.82) is 0 Å². The molecule has 4 fully saturated rings. The number of anilines is 1. The van der Waals surface area contributed by atoms with E-state index < -0.39 is 6.29 Å². The Morgan fingerprint density at radius 2 is 1.39 bits per heavy atom. The van der Waals surface area contributed by atoms with Crippen molar-refractivity contribution in [2.45, 2.75) is 155 Å². The zero-order valence-corrected chi connectivity index (χ0v) is 31.0. The fourth-order valence-electron chi connectivity index (χ4n) is 8.73. The predicted octanol–water partition coefficient (Wildman–Crippen LogP) is 8.58. The zero-order valence-electron chi connectivity index (χ0n) is 31.0. The first-order valence-corrected chi connectivity index (χ1v) is 20.2. The number of benzene rings is 1. The molecule has 1 aromatic carbocycles. The molecule has 49 heavy (non-hydrogen) atoms. The van der Waals surface area contributed by atoms with Gasteiger partial charge in [-0.25, -0.2) is 10.3 Å². The smallest absolute Gasteiger partial charge is 0.323 e. The van der Waals surface area contributed by atoms with Crippen LogP contribution in [0.3, 0.4) is 0 Å². The van der Waals surface area contributed by atoms with Crippen LogP contribution in [-0.2, 0) is 19.1 Å². The second kappa shape index (κ2) is 20.0. The van der Waals surface area contributed by atoms with Crippen LogP contribution in [0.15, 0.2) is 24.3 Å². The summed E-state index contributed by atoms with van der Waals surface area (Å²) in [5.41, 5.74) is 4.28. The second-order valence-corrected chi connectivity index (χ2v) is 16.3. The van der Waals surface area contributed by atoms with E-state index in [0.717, 1.165) is 44.3 Å². The largest absolute Gasteiger partial charge is 0.461 e. The van der Waals surface area contributed by atoms with Gasteiger partial charge in [0.1, 0.15) is 12.1 Å². The van der Waals surface area contributed by atoms with Gasteiger partial charge in [-0.2, -0.15) is 0 Å². The number of esters is 1. The molecule has 2 N–H and O–H groups in total. The third-order valence-corrected chi connectivity index (χ3v) is 11.9. The van der Waals surface area contributed by atoms with Crippen molar-refractivity contribution in [3.8, 4) is 0 Å². The molecular formula is C41H67N3O5. The van der Waals surface area contributed by atoms with Gasteiger partial charge in [0.2, 0.25) is 0 Å². The average Bonchev–Trinajstić information content (AvgIpc) is 3.64. The number of piperidine rings is 1. The van der Waals surface area contributed by atoms with Crippen molar-refractivity contribution < 1.29 is 23.9 Å². The number of amides is 1. The van der Waals surface area contributed by atoms with Crippen LogP contribution in [0.2, 0.25) is 0 Å². The maximum absolute atomic E-state index is 13.3. The Hall–Kier alpha value is -2.16. The monoisotopic (exact) mass is 682 g/mol. The number of rotatable bonds is 17. The van der Waals surface area contributed by atoms with E-state index in [0.29, 0.717) is 29.9 Å². The van der Waals surface area contributed by atoms with E-state index in [9.17, 15) is 9.59 Å². The SMILES string of the molecule is CC(C)COC(C)ONC(=O)c1ccc(N2CCC(CCCC3CCC(CN[C@H](C(=O)OC4CCCC4)C4CCCCC4)CC3)CC2)cc1. The number of hydroxylamine groups is 1. The molecule has 3 aliphatic carbocycles. The number of carbonyl (C=O) groups is 2. The minimum absolute atomic E-state index is 0.0420. The Labute approximate surface area is 297 Å². The third kappa shape index (κ3) is 12.5. The van der Waals surface area contributed by atoms with Crippen LogP contribution in [0.5, 0.6) is 0 Å². The number of nitrogens with one attached hydrogen (secondary N) is 2. The molecule has 1 amide bonds. The highest BCUT2D eigenvalue weighted by Crippen LogP contribution is 2.34. The third-order valence-electron chi connectivity index (χ3n) is 11.9. The molecule has 0 aromatic heterocycles. The van der Waals surface area contributed by atoms with E-state index in [-0.39, 0.29) is 24.0 Å². The molecule has 8 heteroatoms. The summed E-state index contributed by atoms with van der Waals surface area (Å²) in [5, 5.41) is 3.77. The van der Waals surface area contributed by atoms with Gasteiger partial charge in [-0.15, -0.1) is 0 Å². The van der Waals surface area contributed by atoms with Crippen molar-refractivity contribution >= 4 is 17.6 Å². The van der Waals surface area contributed by atoms with E-state index in [1.54, 1.807) is 6.92 Å². The minimum atomic E-state index is -0.487. The molecule has 276 valence electrons. The predicted molar refractivity (Wildman–Crippen MR) is 196 cm³/mol. The summed E-state index contributed by atoms with van der Waals surface area (Å²) < 4.78 is 11.6. The molecule has 0 bridgehead atoms. The van der Waals surface area contributed by atoms with Crippen LogP contribution in [0.4, 0.5) is 5.69 Å². The van der Waals surface area contributed by atoms with Gasteiger partial charge in [0.15, 0.2) is 6.29 Å². The molecular weight excluding hydrogens is 614 g/mol. The van der Waals surface area contributed by atoms with Gasteiger partial charge >= 0.3 is 5.97 Å². The van der Waals surface area contributed by atoms with Crippen molar-refractivity contribution in [2.75, 3.05) is 31.1 Å². The number of nitrogens with zero attached hydrogens (tertiary/aromatic N) is 1. The Morgan fingerprint density at radius 3 is 2.04 bits per heavy atom. The van der Waals surface area contributed by atoms with Gasteiger partial charge in [-0.3, -0.25) is 9.59 Å². The standard InChI is InChI=1S/C41H67N3O5/c1-30(2)29-47-31(3)49-43-40(45)36-20-22-37(23-21-36)44-26-24-33(25-27-44)11-9-10-32-16-18-34(19-17-32)28-42-39(35-12-5-4-6-13-35)41(46)48-38-14-7-8-15-38/h20-23,30-35,38-39,42H,4-19,24-29H2,1-3H3,(H,43,45)/t31?,32?,34?,39-/m0/s1. The zero-order chi connectivity index (χ0) is 34.4. The van der Waals surface area contributed by atoms with E-state index >= 15 is 0 Å². The first-order chi connectivity index (χ1) is 23.8. The highest BCUT2D eigenvalue weighted by molar-refractivity contribution is 5.93. The van der Waals surface area contributed by atoms with Crippen LogP contribution < -0.4 is 15.7 Å². The van der Waals surface area contributed by atoms with Crippen molar-refractivity contribution in [3.05, 3.63) is 29.8 Å². The molecule has 0 spiro atoms. The fourth-order valence-corrected chi connectivity index (χ4v) is 8.73. The normalized spacial score (nSPS) is 24.2. The first kappa shape index (κ1) is 38.1. The lowest BCUT2D eigenvalue weighted by atomic mass is 9.78. The fraction of sp³-hybridized carbons (Fsp3) is 0.805. The summed E-state index contributed by atoms with van der Waals surface area (Å²) >= 11 is 0. The minimum Gasteiger partial charge on any atom is -0.461 e. The van der Waals surface area contributed by atoms with Gasteiger partial charge < -0.3 is 19.7 Å². The van der Waals surface area contributed by atoms with Gasteiger partial charge in [-0.1, -0.05) is 65.2 Å². The van der Waals surface area contributed by atoms with Gasteiger partial charge in [0.25, 0.3) is 5.91 Å². The summed E-state index contributed by atoms with van der Waals surface area (Å²) in [4.78, 5) is 33.6. The Bertz CT molecular complexity index is 1100. The molecule has 1 heterocycles. The highest BCUT2D eigenvalue weighted by Gasteiger charge is 2.33. The Morgan fingerprint density at radius 1 is 0.776 bits per heavy atom. The molecule has 1 unspecified atom stereocenters. The molecule has 0 radical (unpaired) electrons. The van der Waals surface area contributed by atoms with Crippen LogP contribution >= 0.6 is 0 Å². The van der Waals surface area contributed by atoms with E-state index in [4.69, 9.17) is 14.3 Å². The molecule has 1 aliphatic heterocycles. The molecule has 8 nitrogen and oxygen atoms in total. The number of carbonyl (C=O) groups excluding carboxylic acids is 2. The van der Waals surface area contributed by atoms with E-state index in [1.165, 1.54) is 108 Å². The summed E-state index contributed by atoms with van der Waals surface area (Å²) in [7, 11) is 0. The van der Waals surface area contributed by atoms with Crippen molar-refractivity contribution in [2.24, 2.45) is 29.6 Å². The maximum Gasteiger partial charge on any atom is 0.323 e. The molecule has 4 aliphatic rings. The second-order valence-electron chi connectivity index (χ2n) is 16.3. The average molecular weight is 682 g/mol. The summed E-state index contributed by atoms with van der Waals surface area (Å²) in [5.74, 6) is 3.04. The molecule has 3 saturated carbocycles. The lowest BCUT2D eigenvalue weighted by molar-refractivity contribution is -0.163. The van der Waals surface area contributed by atoms with Gasteiger partial charge in [0.05, 0.1) is 6.61 Å². The summed E-state index contributed by atoms with van der Waals surface area (Å²) in [6.07, 6.45) is 22.2. The molecule has 2 atom stereocenters. The maximum atomic E-state index is 13.3. The van der Waals surface area contributed by atoms with Crippen LogP contribution in [0.25, 0.3) is 0 Å². The topological polar surface area (TPSA) is 89.1 Å². The van der Waals surface area contributed by atoms with Crippen LogP contribution in [0, 0.1) is 29.6 Å². The van der Waals surface area contributed by atoms with E-state index in [1.807, 2.05) is 12.1 Å². The number of hydrogen-bond donors (Lipinski definition) is 2. The van der Waals surface area contributed by atoms with Crippen LogP contribution in [-0.4, -0.2) is 56.6 Å². The Kier molecular flexibility index (Phi) is 15.6. The molecule has 1 aromatic rings. The summed E-state index contributed by atoms with van der Waals surface area (Å²) in [6, 6.07) is 7.77. The van der Waals surface area contributed by atoms with Crippen molar-refractivity contribution in [1.82, 2.24) is 10.8 Å². The van der Waals surface area contributed by atoms with Gasteiger partial charge in [0, 0.05) is 24.3 Å². The highest BCUT2D eigenvalue weighted by atomic mass is 16.8. The Balaban J connectivity index is 0.940. The first-order valence-electron chi connectivity index (χ1n) is 20.2. The summed E-state index contributed by atoms with van der Waals surface area (Å²) in [6.45, 7) is 9.67. The van der Waals surface area contributed by atoms with E-state index in [2.05, 4.69) is 41.7 Å². The van der Waals surface area contributed by atoms with Crippen molar-refractivity contribution in [3.63, 3.8) is 0 Å². The van der Waals surface area contributed by atoms with Crippen LogP contribution in [0.1, 0.15) is 147 Å². The van der Waals surface area contributed by atoms with Gasteiger partial charge in [-0.05, 0) is 132 Å². The lowest BCUT2D eigenvalue weighted by Crippen LogP contribution is -2.47. The quantitative estimate of drug-likeness (QED) is 0.0967. The lowest BCUT2D eigenvalue weighted by Gasteiger charge is -2.35. The molecule has 1 saturated heterocycles.